The molecular weight excluding hydrogens is 351 g/mol. The Bertz CT molecular complexity index is 768. The first-order valence-electron chi connectivity index (χ1n) is 8.46. The second-order valence-electron chi connectivity index (χ2n) is 6.04. The molecule has 0 aromatic heterocycles. The van der Waals surface area contributed by atoms with Crippen molar-refractivity contribution >= 4 is 17.8 Å². The van der Waals surface area contributed by atoms with Gasteiger partial charge in [0, 0.05) is 6.42 Å². The Morgan fingerprint density at radius 2 is 1.30 bits per heavy atom. The summed E-state index contributed by atoms with van der Waals surface area (Å²) in [5, 5.41) is 13.7. The third kappa shape index (κ3) is 6.54. The van der Waals surface area contributed by atoms with E-state index in [1.54, 1.807) is 60.7 Å². The molecule has 0 aliphatic heterocycles. The number of hydrogen-bond donors (Lipinski definition) is 3. The minimum Gasteiger partial charge on any atom is -0.465 e. The highest BCUT2D eigenvalue weighted by atomic mass is 19.1. The highest BCUT2D eigenvalue weighted by Gasteiger charge is 2.27. The van der Waals surface area contributed by atoms with E-state index >= 15 is 0 Å². The van der Waals surface area contributed by atoms with Crippen molar-refractivity contribution < 1.29 is 23.9 Å². The predicted molar refractivity (Wildman–Crippen MR) is 98.2 cm³/mol. The van der Waals surface area contributed by atoms with Gasteiger partial charge in [-0.1, -0.05) is 60.7 Å². The van der Waals surface area contributed by atoms with Crippen LogP contribution in [0.3, 0.4) is 0 Å². The lowest BCUT2D eigenvalue weighted by atomic mass is 10.0. The summed E-state index contributed by atoms with van der Waals surface area (Å²) in [7, 11) is 0. The van der Waals surface area contributed by atoms with Gasteiger partial charge in [0.25, 0.3) is 0 Å². The van der Waals surface area contributed by atoms with E-state index in [9.17, 15) is 18.8 Å². The number of rotatable bonds is 9. The third-order valence-electron chi connectivity index (χ3n) is 4.02. The molecule has 27 heavy (non-hydrogen) atoms. The van der Waals surface area contributed by atoms with E-state index in [1.165, 1.54) is 0 Å². The number of benzene rings is 2. The molecule has 142 valence electrons. The number of hydrogen-bond acceptors (Lipinski definition) is 3. The number of alkyl halides is 1. The SMILES string of the molecule is O=C(O)NC(Cc1ccccc1)C(=O)NC(Cc1ccccc1)C(=O)CF. The fourth-order valence-corrected chi connectivity index (χ4v) is 2.67. The van der Waals surface area contributed by atoms with Gasteiger partial charge in [-0.3, -0.25) is 9.59 Å². The van der Waals surface area contributed by atoms with Crippen molar-refractivity contribution in [1.29, 1.82) is 0 Å². The molecule has 2 amide bonds. The smallest absolute Gasteiger partial charge is 0.405 e. The molecule has 2 atom stereocenters. The first kappa shape index (κ1) is 20.1. The van der Waals surface area contributed by atoms with Crippen molar-refractivity contribution in [2.75, 3.05) is 6.67 Å². The molecule has 0 fully saturated rings. The van der Waals surface area contributed by atoms with Gasteiger partial charge in [-0.05, 0) is 17.5 Å². The number of ketones is 1. The molecule has 2 rings (SSSR count). The van der Waals surface area contributed by atoms with Crippen LogP contribution in [-0.4, -0.2) is 41.6 Å². The van der Waals surface area contributed by atoms with Crippen LogP contribution in [0.1, 0.15) is 11.1 Å². The quantitative estimate of drug-likeness (QED) is 0.628. The second kappa shape index (κ2) is 10.1. The van der Waals surface area contributed by atoms with Gasteiger partial charge in [-0.2, -0.15) is 0 Å². The summed E-state index contributed by atoms with van der Waals surface area (Å²) in [6.07, 6.45) is -1.12. The lowest BCUT2D eigenvalue weighted by Crippen LogP contribution is -2.53. The summed E-state index contributed by atoms with van der Waals surface area (Å²) in [6.45, 7) is -1.21. The Morgan fingerprint density at radius 3 is 1.74 bits per heavy atom. The van der Waals surface area contributed by atoms with E-state index in [4.69, 9.17) is 5.11 Å². The van der Waals surface area contributed by atoms with E-state index in [2.05, 4.69) is 10.6 Å². The van der Waals surface area contributed by atoms with Crippen LogP contribution in [0.15, 0.2) is 60.7 Å². The van der Waals surface area contributed by atoms with Crippen molar-refractivity contribution in [2.45, 2.75) is 24.9 Å². The van der Waals surface area contributed by atoms with Crippen LogP contribution in [0.5, 0.6) is 0 Å². The fourth-order valence-electron chi connectivity index (χ4n) is 2.67. The van der Waals surface area contributed by atoms with Gasteiger partial charge in [0.15, 0.2) is 5.78 Å². The lowest BCUT2D eigenvalue weighted by molar-refractivity contribution is -0.129. The van der Waals surface area contributed by atoms with Gasteiger partial charge in [0.05, 0.1) is 6.04 Å². The summed E-state index contributed by atoms with van der Waals surface area (Å²) in [5.41, 5.74) is 1.51. The van der Waals surface area contributed by atoms with E-state index in [-0.39, 0.29) is 12.8 Å². The molecule has 0 aliphatic rings. The molecule has 0 bridgehead atoms. The molecular formula is C20H21FN2O4. The normalized spacial score (nSPS) is 12.6. The van der Waals surface area contributed by atoms with Crippen LogP contribution in [0.2, 0.25) is 0 Å². The zero-order valence-electron chi connectivity index (χ0n) is 14.6. The van der Waals surface area contributed by atoms with Crippen molar-refractivity contribution in [2.24, 2.45) is 0 Å². The van der Waals surface area contributed by atoms with Crippen molar-refractivity contribution in [3.63, 3.8) is 0 Å². The van der Waals surface area contributed by atoms with E-state index in [0.29, 0.717) is 0 Å². The molecule has 2 aromatic rings. The summed E-state index contributed by atoms with van der Waals surface area (Å²) in [6, 6.07) is 15.6. The number of amides is 2. The molecule has 3 N–H and O–H groups in total. The maximum atomic E-state index is 12.9. The molecule has 6 nitrogen and oxygen atoms in total. The Balaban J connectivity index is 2.13. The Hall–Kier alpha value is -3.22. The van der Waals surface area contributed by atoms with Crippen LogP contribution >= 0.6 is 0 Å². The number of Topliss-reactive ketones (excluding diaryl/α,β-unsaturated/α-hetero) is 1. The maximum Gasteiger partial charge on any atom is 0.405 e. The maximum absolute atomic E-state index is 12.9. The van der Waals surface area contributed by atoms with Gasteiger partial charge >= 0.3 is 6.09 Å². The van der Waals surface area contributed by atoms with Gasteiger partial charge in [-0.25, -0.2) is 9.18 Å². The molecule has 2 aromatic carbocycles. The van der Waals surface area contributed by atoms with Crippen LogP contribution in [-0.2, 0) is 22.4 Å². The summed E-state index contributed by atoms with van der Waals surface area (Å²) >= 11 is 0. The zero-order chi connectivity index (χ0) is 19.6. The fraction of sp³-hybridized carbons (Fsp3) is 0.250. The average molecular weight is 372 g/mol. The lowest BCUT2D eigenvalue weighted by Gasteiger charge is -2.21. The predicted octanol–water partition coefficient (Wildman–Crippen LogP) is 2.13. The topological polar surface area (TPSA) is 95.5 Å². The van der Waals surface area contributed by atoms with Gasteiger partial charge < -0.3 is 15.7 Å². The second-order valence-corrected chi connectivity index (χ2v) is 6.04. The van der Waals surface area contributed by atoms with Crippen molar-refractivity contribution in [3.05, 3.63) is 71.8 Å². The van der Waals surface area contributed by atoms with Crippen molar-refractivity contribution in [1.82, 2.24) is 10.6 Å². The number of halogens is 1. The van der Waals surface area contributed by atoms with E-state index in [1.807, 2.05) is 0 Å². The van der Waals surface area contributed by atoms with Crippen molar-refractivity contribution in [3.8, 4) is 0 Å². The largest absolute Gasteiger partial charge is 0.465 e. The summed E-state index contributed by atoms with van der Waals surface area (Å²) < 4.78 is 12.9. The first-order valence-corrected chi connectivity index (χ1v) is 8.46. The minimum atomic E-state index is -1.36. The minimum absolute atomic E-state index is 0.112. The number of carboxylic acid groups (broad SMARTS) is 1. The highest BCUT2D eigenvalue weighted by molar-refractivity contribution is 5.92. The monoisotopic (exact) mass is 372 g/mol. The van der Waals surface area contributed by atoms with Gasteiger partial charge in [-0.15, -0.1) is 0 Å². The van der Waals surface area contributed by atoms with Crippen LogP contribution in [0.4, 0.5) is 9.18 Å². The third-order valence-corrected chi connectivity index (χ3v) is 4.02. The Labute approximate surface area is 156 Å². The van der Waals surface area contributed by atoms with Crippen LogP contribution in [0.25, 0.3) is 0 Å². The van der Waals surface area contributed by atoms with E-state index < -0.39 is 36.5 Å². The standard InChI is InChI=1S/C20H21FN2O4/c21-13-18(24)16(11-14-7-3-1-4-8-14)22-19(25)17(23-20(26)27)12-15-9-5-2-6-10-15/h1-10,16-17,23H,11-13H2,(H,22,25)(H,26,27). The molecule has 0 heterocycles. The zero-order valence-corrected chi connectivity index (χ0v) is 14.6. The molecule has 0 radical (unpaired) electrons. The van der Waals surface area contributed by atoms with Crippen LogP contribution in [0, 0.1) is 0 Å². The number of carbonyl (C=O) groups is 3. The molecule has 7 heteroatoms. The van der Waals surface area contributed by atoms with Gasteiger partial charge in [0.2, 0.25) is 5.91 Å². The average Bonchev–Trinajstić information content (AvgIpc) is 2.67. The molecule has 0 spiro atoms. The summed E-state index contributed by atoms with van der Waals surface area (Å²) in [5.74, 6) is -1.44. The number of carbonyl (C=O) groups excluding carboxylic acids is 2. The molecule has 0 aliphatic carbocycles. The first-order chi connectivity index (χ1) is 13.0. The molecule has 0 saturated carbocycles. The molecule has 0 saturated heterocycles. The van der Waals surface area contributed by atoms with E-state index in [0.717, 1.165) is 11.1 Å². The Kier molecular flexibility index (Phi) is 7.49. The Morgan fingerprint density at radius 1 is 0.815 bits per heavy atom. The van der Waals surface area contributed by atoms with Gasteiger partial charge in [0.1, 0.15) is 12.7 Å². The van der Waals surface area contributed by atoms with Crippen LogP contribution < -0.4 is 10.6 Å². The molecule has 2 unspecified atom stereocenters. The highest BCUT2D eigenvalue weighted by Crippen LogP contribution is 2.07. The summed E-state index contributed by atoms with van der Waals surface area (Å²) in [4.78, 5) is 35.6. The number of nitrogens with one attached hydrogen (secondary N) is 2.